The number of nitrogens with zero attached hydrogens (tertiary/aromatic N) is 2. The number of hydrogen-bond acceptors (Lipinski definition) is 3. The maximum Gasteiger partial charge on any atom is 0.0407 e. The molecule has 0 spiro atoms. The molecule has 20 heavy (non-hydrogen) atoms. The first-order valence-corrected chi connectivity index (χ1v) is 8.02. The third-order valence-electron chi connectivity index (χ3n) is 4.75. The summed E-state index contributed by atoms with van der Waals surface area (Å²) in [6.45, 7) is 6.63. The van der Waals surface area contributed by atoms with E-state index in [0.29, 0.717) is 5.41 Å². The molecule has 1 aromatic rings. The van der Waals surface area contributed by atoms with Gasteiger partial charge in [0, 0.05) is 43.4 Å². The Balaban J connectivity index is 1.51. The topological polar surface area (TPSA) is 32.5 Å². The molecule has 1 aliphatic heterocycles. The van der Waals surface area contributed by atoms with E-state index in [2.05, 4.69) is 21.9 Å². The molecule has 2 fully saturated rings. The Morgan fingerprint density at radius 1 is 1.05 bits per heavy atom. The summed E-state index contributed by atoms with van der Waals surface area (Å²) in [5.74, 6) is 0. The Kier molecular flexibility index (Phi) is 4.20. The van der Waals surface area contributed by atoms with Gasteiger partial charge in [0.1, 0.15) is 0 Å². The van der Waals surface area contributed by atoms with Gasteiger partial charge in [0.05, 0.1) is 0 Å². The van der Waals surface area contributed by atoms with Crippen molar-refractivity contribution in [2.24, 2.45) is 11.1 Å². The molecule has 1 saturated carbocycles. The van der Waals surface area contributed by atoms with E-state index in [-0.39, 0.29) is 0 Å². The number of nitrogens with two attached hydrogens (primary N) is 1. The van der Waals surface area contributed by atoms with Crippen molar-refractivity contribution >= 4 is 17.3 Å². The first-order valence-electron chi connectivity index (χ1n) is 7.64. The summed E-state index contributed by atoms with van der Waals surface area (Å²) in [5.41, 5.74) is 7.59. The van der Waals surface area contributed by atoms with E-state index in [0.717, 1.165) is 37.7 Å². The van der Waals surface area contributed by atoms with Crippen LogP contribution in [0.3, 0.4) is 0 Å². The highest BCUT2D eigenvalue weighted by Gasteiger charge is 2.43. The molecule has 3 rings (SSSR count). The van der Waals surface area contributed by atoms with E-state index in [4.69, 9.17) is 17.3 Å². The molecule has 1 heterocycles. The second-order valence-electron chi connectivity index (χ2n) is 6.28. The molecule has 2 N–H and O–H groups in total. The highest BCUT2D eigenvalue weighted by atomic mass is 35.5. The second-order valence-corrected chi connectivity index (χ2v) is 6.71. The van der Waals surface area contributed by atoms with E-state index in [1.54, 1.807) is 0 Å². The van der Waals surface area contributed by atoms with Crippen LogP contribution in [-0.2, 0) is 0 Å². The Morgan fingerprint density at radius 3 is 2.25 bits per heavy atom. The van der Waals surface area contributed by atoms with Crippen molar-refractivity contribution in [1.29, 1.82) is 0 Å². The van der Waals surface area contributed by atoms with E-state index in [1.165, 1.54) is 31.5 Å². The van der Waals surface area contributed by atoms with Crippen LogP contribution in [0.15, 0.2) is 24.3 Å². The van der Waals surface area contributed by atoms with Crippen LogP contribution in [0.2, 0.25) is 5.02 Å². The monoisotopic (exact) mass is 293 g/mol. The number of halogens is 1. The SMILES string of the molecule is NCCC1(CN2CCN(c3ccc(Cl)cc3)CC2)CC1. The molecule has 0 bridgehead atoms. The largest absolute Gasteiger partial charge is 0.369 e. The maximum absolute atomic E-state index is 5.95. The van der Waals surface area contributed by atoms with Gasteiger partial charge in [0.15, 0.2) is 0 Å². The first kappa shape index (κ1) is 14.2. The standard InChI is InChI=1S/C16H24ClN3/c17-14-1-3-15(4-2-14)20-11-9-19(10-12-20)13-16(5-6-16)7-8-18/h1-4H,5-13,18H2. The zero-order chi connectivity index (χ0) is 14.0. The van der Waals surface area contributed by atoms with Crippen LogP contribution < -0.4 is 10.6 Å². The third kappa shape index (κ3) is 3.27. The molecule has 1 aliphatic carbocycles. The normalized spacial score (nSPS) is 22.0. The zero-order valence-electron chi connectivity index (χ0n) is 12.0. The molecule has 0 atom stereocenters. The molecular weight excluding hydrogens is 270 g/mol. The molecular formula is C16H24ClN3. The Hall–Kier alpha value is -0.770. The fraction of sp³-hybridized carbons (Fsp3) is 0.625. The summed E-state index contributed by atoms with van der Waals surface area (Å²) in [4.78, 5) is 5.07. The lowest BCUT2D eigenvalue weighted by Crippen LogP contribution is -2.48. The van der Waals surface area contributed by atoms with E-state index in [1.807, 2.05) is 12.1 Å². The van der Waals surface area contributed by atoms with Gasteiger partial charge in [0.25, 0.3) is 0 Å². The predicted octanol–water partition coefficient (Wildman–Crippen LogP) is 2.59. The Morgan fingerprint density at radius 2 is 1.70 bits per heavy atom. The second kappa shape index (κ2) is 5.92. The minimum absolute atomic E-state index is 0.567. The summed E-state index contributed by atoms with van der Waals surface area (Å²) in [6.07, 6.45) is 3.95. The van der Waals surface area contributed by atoms with Crippen LogP contribution in [-0.4, -0.2) is 44.2 Å². The van der Waals surface area contributed by atoms with E-state index < -0.39 is 0 Å². The lowest BCUT2D eigenvalue weighted by atomic mass is 10.0. The van der Waals surface area contributed by atoms with Crippen LogP contribution in [0.4, 0.5) is 5.69 Å². The van der Waals surface area contributed by atoms with E-state index in [9.17, 15) is 0 Å². The van der Waals surface area contributed by atoms with Gasteiger partial charge >= 0.3 is 0 Å². The average Bonchev–Trinajstić information content (AvgIpc) is 3.21. The van der Waals surface area contributed by atoms with Gasteiger partial charge in [-0.2, -0.15) is 0 Å². The van der Waals surface area contributed by atoms with Crippen molar-refractivity contribution in [3.8, 4) is 0 Å². The summed E-state index contributed by atoms with van der Waals surface area (Å²) in [5, 5.41) is 0.810. The van der Waals surface area contributed by atoms with Crippen LogP contribution in [0.1, 0.15) is 19.3 Å². The summed E-state index contributed by atoms with van der Waals surface area (Å²) in [6, 6.07) is 8.19. The zero-order valence-corrected chi connectivity index (χ0v) is 12.8. The van der Waals surface area contributed by atoms with Gasteiger partial charge in [-0.15, -0.1) is 0 Å². The molecule has 2 aliphatic rings. The smallest absolute Gasteiger partial charge is 0.0407 e. The number of rotatable bonds is 5. The fourth-order valence-corrected chi connectivity index (χ4v) is 3.39. The molecule has 110 valence electrons. The molecule has 0 aromatic heterocycles. The minimum atomic E-state index is 0.567. The molecule has 0 unspecified atom stereocenters. The Labute approximate surface area is 126 Å². The summed E-state index contributed by atoms with van der Waals surface area (Å²) in [7, 11) is 0. The third-order valence-corrected chi connectivity index (χ3v) is 5.01. The molecule has 0 radical (unpaired) electrons. The predicted molar refractivity (Wildman–Crippen MR) is 85.4 cm³/mol. The molecule has 4 heteroatoms. The van der Waals surface area contributed by atoms with Gasteiger partial charge in [-0.25, -0.2) is 0 Å². The number of hydrogen-bond donors (Lipinski definition) is 1. The van der Waals surface area contributed by atoms with Gasteiger partial charge in [-0.1, -0.05) is 11.6 Å². The maximum atomic E-state index is 5.95. The van der Waals surface area contributed by atoms with Crippen LogP contribution >= 0.6 is 11.6 Å². The molecule has 1 saturated heterocycles. The summed E-state index contributed by atoms with van der Waals surface area (Å²) >= 11 is 5.95. The number of benzene rings is 1. The highest BCUT2D eigenvalue weighted by molar-refractivity contribution is 6.30. The van der Waals surface area contributed by atoms with Crippen LogP contribution in [0, 0.1) is 5.41 Å². The molecule has 1 aromatic carbocycles. The van der Waals surface area contributed by atoms with Gasteiger partial charge in [0.2, 0.25) is 0 Å². The molecule has 3 nitrogen and oxygen atoms in total. The lowest BCUT2D eigenvalue weighted by Gasteiger charge is -2.37. The van der Waals surface area contributed by atoms with Gasteiger partial charge in [-0.05, 0) is 55.5 Å². The van der Waals surface area contributed by atoms with Crippen molar-refractivity contribution in [3.05, 3.63) is 29.3 Å². The first-order chi connectivity index (χ1) is 9.71. The van der Waals surface area contributed by atoms with Crippen LogP contribution in [0.5, 0.6) is 0 Å². The van der Waals surface area contributed by atoms with Crippen molar-refractivity contribution in [1.82, 2.24) is 4.90 Å². The van der Waals surface area contributed by atoms with Crippen molar-refractivity contribution in [2.45, 2.75) is 19.3 Å². The fourth-order valence-electron chi connectivity index (χ4n) is 3.26. The van der Waals surface area contributed by atoms with Gasteiger partial charge < -0.3 is 10.6 Å². The number of piperazine rings is 1. The molecule has 0 amide bonds. The van der Waals surface area contributed by atoms with Gasteiger partial charge in [-0.3, -0.25) is 4.90 Å². The minimum Gasteiger partial charge on any atom is -0.369 e. The van der Waals surface area contributed by atoms with Crippen molar-refractivity contribution in [2.75, 3.05) is 44.2 Å². The quantitative estimate of drug-likeness (QED) is 0.906. The van der Waals surface area contributed by atoms with Crippen molar-refractivity contribution < 1.29 is 0 Å². The summed E-state index contributed by atoms with van der Waals surface area (Å²) < 4.78 is 0. The average molecular weight is 294 g/mol. The van der Waals surface area contributed by atoms with Crippen LogP contribution in [0.25, 0.3) is 0 Å². The number of anilines is 1. The highest BCUT2D eigenvalue weighted by Crippen LogP contribution is 2.49. The Bertz CT molecular complexity index is 434. The van der Waals surface area contributed by atoms with E-state index >= 15 is 0 Å². The van der Waals surface area contributed by atoms with Crippen molar-refractivity contribution in [3.63, 3.8) is 0 Å². The lowest BCUT2D eigenvalue weighted by molar-refractivity contribution is 0.203.